The molecule has 0 bridgehead atoms. The monoisotopic (exact) mass is 319 g/mol. The molecule has 0 unspecified atom stereocenters. The Morgan fingerprint density at radius 3 is 2.67 bits per heavy atom. The minimum Gasteiger partial charge on any atom is -0.480 e. The number of carboxylic acids is 1. The summed E-state index contributed by atoms with van der Waals surface area (Å²) in [6, 6.07) is 3.06. The standard InChI is InChI=1S/C13H15F2NO4S/c1-20-5-4-16(7-13(18)19)12(17)8-21-11-3-2-9(14)6-10(11)15/h2-3,6H,4-5,7-8H2,1H3,(H,18,19). The zero-order chi connectivity index (χ0) is 15.8. The summed E-state index contributed by atoms with van der Waals surface area (Å²) in [4.78, 5) is 23.9. The van der Waals surface area contributed by atoms with Crippen LogP contribution in [0.1, 0.15) is 0 Å². The maximum Gasteiger partial charge on any atom is 0.323 e. The number of benzene rings is 1. The molecule has 1 N–H and O–H groups in total. The lowest BCUT2D eigenvalue weighted by Crippen LogP contribution is -2.39. The minimum atomic E-state index is -1.14. The Morgan fingerprint density at radius 2 is 2.10 bits per heavy atom. The maximum atomic E-state index is 13.4. The second-order valence-electron chi connectivity index (χ2n) is 4.07. The van der Waals surface area contributed by atoms with E-state index in [9.17, 15) is 18.4 Å². The highest BCUT2D eigenvalue weighted by Crippen LogP contribution is 2.22. The molecule has 0 heterocycles. The van der Waals surface area contributed by atoms with Crippen LogP contribution in [0.5, 0.6) is 0 Å². The maximum absolute atomic E-state index is 13.4. The summed E-state index contributed by atoms with van der Waals surface area (Å²) < 4.78 is 31.0. The van der Waals surface area contributed by atoms with E-state index in [1.165, 1.54) is 13.2 Å². The zero-order valence-corrected chi connectivity index (χ0v) is 12.2. The van der Waals surface area contributed by atoms with Crippen LogP contribution in [0.15, 0.2) is 23.1 Å². The Hall–Kier alpha value is -1.67. The molecule has 1 aromatic rings. The number of nitrogens with zero attached hydrogens (tertiary/aromatic N) is 1. The number of ether oxygens (including phenoxy) is 1. The highest BCUT2D eigenvalue weighted by atomic mass is 32.2. The third-order valence-corrected chi connectivity index (χ3v) is 3.52. The van der Waals surface area contributed by atoms with Crippen LogP contribution >= 0.6 is 11.8 Å². The average Bonchev–Trinajstić information content (AvgIpc) is 2.41. The molecule has 21 heavy (non-hydrogen) atoms. The lowest BCUT2D eigenvalue weighted by atomic mass is 10.3. The molecule has 0 aliphatic rings. The van der Waals surface area contributed by atoms with Crippen molar-refractivity contribution >= 4 is 23.6 Å². The Balaban J connectivity index is 2.61. The average molecular weight is 319 g/mol. The van der Waals surface area contributed by atoms with Gasteiger partial charge >= 0.3 is 5.97 Å². The molecule has 0 saturated heterocycles. The predicted molar refractivity (Wildman–Crippen MR) is 73.2 cm³/mol. The smallest absolute Gasteiger partial charge is 0.323 e. The van der Waals surface area contributed by atoms with E-state index in [4.69, 9.17) is 9.84 Å². The molecule has 0 saturated carbocycles. The van der Waals surface area contributed by atoms with Crippen LogP contribution in [0.2, 0.25) is 0 Å². The van der Waals surface area contributed by atoms with Gasteiger partial charge < -0.3 is 14.7 Å². The van der Waals surface area contributed by atoms with Crippen LogP contribution in [0.4, 0.5) is 8.78 Å². The first-order valence-electron chi connectivity index (χ1n) is 6.00. The molecule has 0 aromatic heterocycles. The molecular weight excluding hydrogens is 304 g/mol. The topological polar surface area (TPSA) is 66.8 Å². The molecule has 1 amide bonds. The van der Waals surface area contributed by atoms with E-state index in [0.717, 1.165) is 28.8 Å². The summed E-state index contributed by atoms with van der Waals surface area (Å²) in [5, 5.41) is 8.75. The molecule has 5 nitrogen and oxygen atoms in total. The Morgan fingerprint density at radius 1 is 1.38 bits per heavy atom. The Kier molecular flexibility index (Phi) is 7.10. The Labute approximate surface area is 124 Å². The fourth-order valence-corrected chi connectivity index (χ4v) is 2.30. The van der Waals surface area contributed by atoms with Crippen molar-refractivity contribution in [3.63, 3.8) is 0 Å². The number of aliphatic carboxylic acids is 1. The molecule has 0 aliphatic carbocycles. The number of amides is 1. The molecule has 0 aliphatic heterocycles. The molecule has 116 valence electrons. The molecule has 0 fully saturated rings. The van der Waals surface area contributed by atoms with Gasteiger partial charge in [-0.05, 0) is 12.1 Å². The molecule has 1 rings (SSSR count). The van der Waals surface area contributed by atoms with E-state index in [-0.39, 0.29) is 23.8 Å². The van der Waals surface area contributed by atoms with E-state index >= 15 is 0 Å². The van der Waals surface area contributed by atoms with Crippen molar-refractivity contribution in [2.45, 2.75) is 4.90 Å². The summed E-state index contributed by atoms with van der Waals surface area (Å²) in [5.74, 6) is -3.19. The van der Waals surface area contributed by atoms with E-state index in [1.807, 2.05) is 0 Å². The highest BCUT2D eigenvalue weighted by molar-refractivity contribution is 8.00. The van der Waals surface area contributed by atoms with E-state index < -0.39 is 30.1 Å². The van der Waals surface area contributed by atoms with Gasteiger partial charge in [0.2, 0.25) is 5.91 Å². The fraction of sp³-hybridized carbons (Fsp3) is 0.385. The summed E-state index contributed by atoms with van der Waals surface area (Å²) >= 11 is 0.886. The summed E-state index contributed by atoms with van der Waals surface area (Å²) in [7, 11) is 1.44. The first kappa shape index (κ1) is 17.4. The third kappa shape index (κ3) is 6.09. The van der Waals surface area contributed by atoms with Crippen LogP contribution in [-0.4, -0.2) is 54.4 Å². The van der Waals surface area contributed by atoms with Crippen molar-refractivity contribution in [3.05, 3.63) is 29.8 Å². The van der Waals surface area contributed by atoms with Crippen LogP contribution in [0.3, 0.4) is 0 Å². The van der Waals surface area contributed by atoms with Crippen molar-refractivity contribution in [1.29, 1.82) is 0 Å². The zero-order valence-electron chi connectivity index (χ0n) is 11.3. The third-order valence-electron chi connectivity index (χ3n) is 2.49. The van der Waals surface area contributed by atoms with E-state index in [0.29, 0.717) is 0 Å². The number of rotatable bonds is 8. The SMILES string of the molecule is COCCN(CC(=O)O)C(=O)CSc1ccc(F)cc1F. The van der Waals surface area contributed by atoms with Crippen molar-refractivity contribution in [1.82, 2.24) is 4.90 Å². The van der Waals surface area contributed by atoms with Crippen molar-refractivity contribution < 1.29 is 28.2 Å². The molecule has 1 aromatic carbocycles. The second-order valence-corrected chi connectivity index (χ2v) is 5.08. The molecule has 0 spiro atoms. The highest BCUT2D eigenvalue weighted by Gasteiger charge is 2.17. The summed E-state index contributed by atoms with van der Waals surface area (Å²) in [6.45, 7) is -0.114. The molecule has 0 radical (unpaired) electrons. The van der Waals surface area contributed by atoms with Gasteiger partial charge in [0, 0.05) is 24.6 Å². The lowest BCUT2D eigenvalue weighted by molar-refractivity contribution is -0.143. The molecule has 0 atom stereocenters. The van der Waals surface area contributed by atoms with Gasteiger partial charge in [0.15, 0.2) is 0 Å². The predicted octanol–water partition coefficient (Wildman–Crippen LogP) is 1.62. The fourth-order valence-electron chi connectivity index (χ4n) is 1.48. The first-order valence-corrected chi connectivity index (χ1v) is 6.99. The lowest BCUT2D eigenvalue weighted by Gasteiger charge is -2.20. The number of carbonyl (C=O) groups is 2. The van der Waals surface area contributed by atoms with E-state index in [2.05, 4.69) is 0 Å². The van der Waals surface area contributed by atoms with Gasteiger partial charge in [-0.25, -0.2) is 8.78 Å². The van der Waals surface area contributed by atoms with Gasteiger partial charge in [-0.1, -0.05) is 0 Å². The number of methoxy groups -OCH3 is 1. The van der Waals surface area contributed by atoms with Gasteiger partial charge in [-0.2, -0.15) is 0 Å². The van der Waals surface area contributed by atoms with Crippen molar-refractivity contribution in [2.75, 3.05) is 32.6 Å². The second kappa shape index (κ2) is 8.58. The number of hydrogen-bond acceptors (Lipinski definition) is 4. The molecule has 8 heteroatoms. The largest absolute Gasteiger partial charge is 0.480 e. The first-order chi connectivity index (χ1) is 9.93. The van der Waals surface area contributed by atoms with Gasteiger partial charge in [0.05, 0.1) is 12.4 Å². The van der Waals surface area contributed by atoms with Crippen LogP contribution in [0.25, 0.3) is 0 Å². The Bertz CT molecular complexity index is 513. The van der Waals surface area contributed by atoms with Gasteiger partial charge in [0.1, 0.15) is 18.2 Å². The minimum absolute atomic E-state index is 0.131. The number of thioether (sulfide) groups is 1. The van der Waals surface area contributed by atoms with Crippen LogP contribution in [0, 0.1) is 11.6 Å². The normalized spacial score (nSPS) is 10.4. The molecular formula is C13H15F2NO4S. The van der Waals surface area contributed by atoms with Crippen LogP contribution in [-0.2, 0) is 14.3 Å². The number of carboxylic acid groups (broad SMARTS) is 1. The van der Waals surface area contributed by atoms with Crippen molar-refractivity contribution in [2.24, 2.45) is 0 Å². The van der Waals surface area contributed by atoms with E-state index in [1.54, 1.807) is 0 Å². The quantitative estimate of drug-likeness (QED) is 0.738. The van der Waals surface area contributed by atoms with Gasteiger partial charge in [-0.3, -0.25) is 9.59 Å². The van der Waals surface area contributed by atoms with Gasteiger partial charge in [0.25, 0.3) is 0 Å². The van der Waals surface area contributed by atoms with Gasteiger partial charge in [-0.15, -0.1) is 11.8 Å². The van der Waals surface area contributed by atoms with Crippen molar-refractivity contribution in [3.8, 4) is 0 Å². The summed E-state index contributed by atoms with van der Waals surface area (Å²) in [6.07, 6.45) is 0. The number of hydrogen-bond donors (Lipinski definition) is 1. The van der Waals surface area contributed by atoms with Crippen LogP contribution < -0.4 is 0 Å². The summed E-state index contributed by atoms with van der Waals surface area (Å²) in [5.41, 5.74) is 0. The number of halogens is 2. The number of carbonyl (C=O) groups excluding carboxylic acids is 1.